The number of para-hydroxylation sites is 1. The molecule has 0 unspecified atom stereocenters. The van der Waals surface area contributed by atoms with Crippen LogP contribution in [0.5, 0.6) is 11.5 Å². The summed E-state index contributed by atoms with van der Waals surface area (Å²) in [6.07, 6.45) is 0.950. The van der Waals surface area contributed by atoms with Crippen molar-refractivity contribution in [3.63, 3.8) is 0 Å². The summed E-state index contributed by atoms with van der Waals surface area (Å²) >= 11 is 0. The molecule has 0 aromatic heterocycles. The molecule has 29 heavy (non-hydrogen) atoms. The third-order valence-corrected chi connectivity index (χ3v) is 6.14. The Bertz CT molecular complexity index is 908. The Morgan fingerprint density at radius 1 is 1.00 bits per heavy atom. The predicted octanol–water partition coefficient (Wildman–Crippen LogP) is 2.51. The number of amides is 1. The third kappa shape index (κ3) is 3.70. The van der Waals surface area contributed by atoms with Crippen molar-refractivity contribution in [3.8, 4) is 11.5 Å². The Kier molecular flexibility index (Phi) is 4.89. The minimum Gasteiger partial charge on any atom is -0.454 e. The number of piperazine rings is 1. The first-order valence-corrected chi connectivity index (χ1v) is 10.4. The molecule has 3 heterocycles. The molecule has 1 saturated heterocycles. The molecule has 3 aliphatic heterocycles. The number of hydrogen-bond donors (Lipinski definition) is 0. The largest absolute Gasteiger partial charge is 0.454 e. The lowest BCUT2D eigenvalue weighted by Crippen LogP contribution is -2.50. The molecule has 0 bridgehead atoms. The highest BCUT2D eigenvalue weighted by Crippen LogP contribution is 2.33. The van der Waals surface area contributed by atoms with Crippen LogP contribution in [0.3, 0.4) is 0 Å². The molecule has 5 rings (SSSR count). The minimum atomic E-state index is 0.215. The standard InChI is InChI=1S/C23H27N3O3/c1-17-12-19-4-2-3-5-20(19)26(17)23(27)15-25-10-8-24(9-11-25)14-18-6-7-21-22(13-18)29-16-28-21/h2-7,13,17H,8-12,14-16H2,1H3/t17-/m0/s1. The van der Waals surface area contributed by atoms with Crippen LogP contribution in [-0.2, 0) is 17.8 Å². The van der Waals surface area contributed by atoms with Gasteiger partial charge in [-0.15, -0.1) is 0 Å². The van der Waals surface area contributed by atoms with E-state index in [0.717, 1.165) is 56.3 Å². The van der Waals surface area contributed by atoms with Crippen molar-refractivity contribution in [3.05, 3.63) is 53.6 Å². The smallest absolute Gasteiger partial charge is 0.241 e. The average molecular weight is 393 g/mol. The average Bonchev–Trinajstić information content (AvgIpc) is 3.32. The second kappa shape index (κ2) is 7.69. The molecule has 2 aromatic rings. The topological polar surface area (TPSA) is 45.3 Å². The molecule has 0 radical (unpaired) electrons. The summed E-state index contributed by atoms with van der Waals surface area (Å²) in [6.45, 7) is 7.61. The molecule has 0 saturated carbocycles. The lowest BCUT2D eigenvalue weighted by atomic mass is 10.1. The molecule has 1 fully saturated rings. The molecule has 0 spiro atoms. The highest BCUT2D eigenvalue weighted by Gasteiger charge is 2.31. The van der Waals surface area contributed by atoms with Gasteiger partial charge in [0.25, 0.3) is 0 Å². The van der Waals surface area contributed by atoms with Crippen molar-refractivity contribution in [2.24, 2.45) is 0 Å². The zero-order valence-electron chi connectivity index (χ0n) is 16.8. The minimum absolute atomic E-state index is 0.215. The van der Waals surface area contributed by atoms with Gasteiger partial charge in [0.2, 0.25) is 12.7 Å². The molecule has 2 aromatic carbocycles. The third-order valence-electron chi connectivity index (χ3n) is 6.14. The molecule has 152 valence electrons. The maximum absolute atomic E-state index is 13.0. The highest BCUT2D eigenvalue weighted by molar-refractivity contribution is 5.97. The summed E-state index contributed by atoms with van der Waals surface area (Å²) < 4.78 is 10.9. The van der Waals surface area contributed by atoms with Gasteiger partial charge in [0.15, 0.2) is 11.5 Å². The number of benzene rings is 2. The fourth-order valence-corrected chi connectivity index (χ4v) is 4.62. The van der Waals surface area contributed by atoms with E-state index in [4.69, 9.17) is 9.47 Å². The van der Waals surface area contributed by atoms with Gasteiger partial charge in [0, 0.05) is 44.5 Å². The molecule has 1 atom stereocenters. The van der Waals surface area contributed by atoms with E-state index in [-0.39, 0.29) is 11.9 Å². The van der Waals surface area contributed by atoms with E-state index in [9.17, 15) is 4.79 Å². The monoisotopic (exact) mass is 393 g/mol. The Morgan fingerprint density at radius 3 is 2.62 bits per heavy atom. The number of hydrogen-bond acceptors (Lipinski definition) is 5. The van der Waals surface area contributed by atoms with Crippen molar-refractivity contribution in [1.82, 2.24) is 9.80 Å². The highest BCUT2D eigenvalue weighted by atomic mass is 16.7. The van der Waals surface area contributed by atoms with E-state index in [1.54, 1.807) is 0 Å². The van der Waals surface area contributed by atoms with Crippen LogP contribution in [0.15, 0.2) is 42.5 Å². The van der Waals surface area contributed by atoms with Crippen molar-refractivity contribution in [2.45, 2.75) is 25.9 Å². The van der Waals surface area contributed by atoms with Gasteiger partial charge in [-0.05, 0) is 42.7 Å². The van der Waals surface area contributed by atoms with Crippen LogP contribution in [0.25, 0.3) is 0 Å². The second-order valence-corrected chi connectivity index (χ2v) is 8.19. The van der Waals surface area contributed by atoms with Crippen molar-refractivity contribution in [2.75, 3.05) is 44.4 Å². The maximum Gasteiger partial charge on any atom is 0.241 e. The molecule has 6 heteroatoms. The number of ether oxygens (including phenoxy) is 2. The zero-order chi connectivity index (χ0) is 19.8. The summed E-state index contributed by atoms with van der Waals surface area (Å²) in [5, 5.41) is 0. The molecular weight excluding hydrogens is 366 g/mol. The number of carbonyl (C=O) groups is 1. The molecule has 6 nitrogen and oxygen atoms in total. The summed E-state index contributed by atoms with van der Waals surface area (Å²) in [6, 6.07) is 14.7. The van der Waals surface area contributed by atoms with Crippen LogP contribution in [-0.4, -0.2) is 61.3 Å². The summed E-state index contributed by atoms with van der Waals surface area (Å²) in [7, 11) is 0. The van der Waals surface area contributed by atoms with Gasteiger partial charge in [-0.3, -0.25) is 14.6 Å². The lowest BCUT2D eigenvalue weighted by Gasteiger charge is -2.35. The number of nitrogens with zero attached hydrogens (tertiary/aromatic N) is 3. The Hall–Kier alpha value is -2.57. The van der Waals surface area contributed by atoms with Crippen molar-refractivity contribution < 1.29 is 14.3 Å². The van der Waals surface area contributed by atoms with Crippen molar-refractivity contribution >= 4 is 11.6 Å². The van der Waals surface area contributed by atoms with E-state index in [1.165, 1.54) is 11.1 Å². The lowest BCUT2D eigenvalue weighted by molar-refractivity contribution is -0.120. The number of rotatable bonds is 4. The van der Waals surface area contributed by atoms with E-state index >= 15 is 0 Å². The SMILES string of the molecule is C[C@H]1Cc2ccccc2N1C(=O)CN1CCN(Cc2ccc3c(c2)OCO3)CC1. The second-order valence-electron chi connectivity index (χ2n) is 8.19. The van der Waals surface area contributed by atoms with Crippen LogP contribution >= 0.6 is 0 Å². The summed E-state index contributed by atoms with van der Waals surface area (Å²) in [4.78, 5) is 19.7. The first kappa shape index (κ1) is 18.5. The maximum atomic E-state index is 13.0. The van der Waals surface area contributed by atoms with Gasteiger partial charge in [0.1, 0.15) is 0 Å². The zero-order valence-corrected chi connectivity index (χ0v) is 16.8. The van der Waals surface area contributed by atoms with Crippen LogP contribution in [0, 0.1) is 0 Å². The van der Waals surface area contributed by atoms with Crippen LogP contribution < -0.4 is 14.4 Å². The first-order chi connectivity index (χ1) is 14.2. The molecule has 1 amide bonds. The fourth-order valence-electron chi connectivity index (χ4n) is 4.62. The Morgan fingerprint density at radius 2 is 1.76 bits per heavy atom. The molecule has 0 aliphatic carbocycles. The van der Waals surface area contributed by atoms with Gasteiger partial charge < -0.3 is 14.4 Å². The fraction of sp³-hybridized carbons (Fsp3) is 0.435. The normalized spacial score (nSPS) is 21.4. The van der Waals surface area contributed by atoms with Crippen LogP contribution in [0.1, 0.15) is 18.1 Å². The molecule has 3 aliphatic rings. The van der Waals surface area contributed by atoms with Gasteiger partial charge in [0.05, 0.1) is 6.54 Å². The van der Waals surface area contributed by atoms with E-state index < -0.39 is 0 Å². The van der Waals surface area contributed by atoms with Crippen molar-refractivity contribution in [1.29, 1.82) is 0 Å². The van der Waals surface area contributed by atoms with Crippen LogP contribution in [0.4, 0.5) is 5.69 Å². The van der Waals surface area contributed by atoms with Gasteiger partial charge in [-0.1, -0.05) is 24.3 Å². The van der Waals surface area contributed by atoms with Gasteiger partial charge >= 0.3 is 0 Å². The van der Waals surface area contributed by atoms with Gasteiger partial charge in [-0.25, -0.2) is 0 Å². The van der Waals surface area contributed by atoms with E-state index in [1.807, 2.05) is 17.0 Å². The number of fused-ring (bicyclic) bond motifs is 2. The Labute approximate surface area is 171 Å². The Balaban J connectivity index is 1.15. The first-order valence-electron chi connectivity index (χ1n) is 10.4. The van der Waals surface area contributed by atoms with E-state index in [0.29, 0.717) is 13.3 Å². The molecule has 0 N–H and O–H groups in total. The van der Waals surface area contributed by atoms with Gasteiger partial charge in [-0.2, -0.15) is 0 Å². The number of carbonyl (C=O) groups excluding carboxylic acids is 1. The quantitative estimate of drug-likeness (QED) is 0.799. The van der Waals surface area contributed by atoms with Crippen LogP contribution in [0.2, 0.25) is 0 Å². The molecular formula is C23H27N3O3. The summed E-state index contributed by atoms with van der Waals surface area (Å²) in [5.74, 6) is 1.88. The number of anilines is 1. The van der Waals surface area contributed by atoms with E-state index in [2.05, 4.69) is 47.1 Å². The predicted molar refractivity (Wildman–Crippen MR) is 111 cm³/mol. The summed E-state index contributed by atoms with van der Waals surface area (Å²) in [5.41, 5.74) is 3.61.